The standard InChI is InChI=1S/C18H23N3O3S/c1-23-15-4-2-14(3-5-15)6-7-19-18(22)16-13-25-17(20-16)12-21-8-10-24-11-9-21/h2-5,13H,6-12H2,1H3,(H,19,22). The predicted molar refractivity (Wildman–Crippen MR) is 97.2 cm³/mol. The van der Waals surface area contributed by atoms with E-state index in [-0.39, 0.29) is 5.91 Å². The average molecular weight is 361 g/mol. The van der Waals surface area contributed by atoms with Crippen molar-refractivity contribution in [3.05, 3.63) is 45.9 Å². The van der Waals surface area contributed by atoms with Crippen LogP contribution < -0.4 is 10.1 Å². The topological polar surface area (TPSA) is 63.7 Å². The van der Waals surface area contributed by atoms with Gasteiger partial charge in [-0.3, -0.25) is 9.69 Å². The largest absolute Gasteiger partial charge is 0.497 e. The summed E-state index contributed by atoms with van der Waals surface area (Å²) in [4.78, 5) is 19.0. The Labute approximate surface area is 151 Å². The Bertz CT molecular complexity index is 681. The van der Waals surface area contributed by atoms with Crippen molar-refractivity contribution in [2.75, 3.05) is 40.0 Å². The lowest BCUT2D eigenvalue weighted by Gasteiger charge is -2.25. The number of amides is 1. The van der Waals surface area contributed by atoms with Gasteiger partial charge in [0.15, 0.2) is 0 Å². The van der Waals surface area contributed by atoms with Gasteiger partial charge in [0.2, 0.25) is 0 Å². The van der Waals surface area contributed by atoms with Crippen molar-refractivity contribution >= 4 is 17.2 Å². The second-order valence-corrected chi connectivity index (χ2v) is 6.81. The summed E-state index contributed by atoms with van der Waals surface area (Å²) >= 11 is 1.54. The number of methoxy groups -OCH3 is 1. The van der Waals surface area contributed by atoms with E-state index >= 15 is 0 Å². The number of carbonyl (C=O) groups is 1. The van der Waals surface area contributed by atoms with E-state index in [1.54, 1.807) is 7.11 Å². The zero-order valence-corrected chi connectivity index (χ0v) is 15.2. The molecule has 6 nitrogen and oxygen atoms in total. The molecule has 0 saturated carbocycles. The van der Waals surface area contributed by atoms with Crippen LogP contribution in [0.3, 0.4) is 0 Å². The Morgan fingerprint density at radius 1 is 1.32 bits per heavy atom. The fourth-order valence-electron chi connectivity index (χ4n) is 2.64. The van der Waals surface area contributed by atoms with Crippen LogP contribution in [0.25, 0.3) is 0 Å². The molecule has 1 aliphatic rings. The second kappa shape index (κ2) is 8.94. The molecule has 0 spiro atoms. The number of benzene rings is 1. The number of aromatic nitrogens is 1. The van der Waals surface area contributed by atoms with Crippen LogP contribution in [-0.4, -0.2) is 55.7 Å². The highest BCUT2D eigenvalue weighted by Gasteiger charge is 2.15. The molecule has 1 N–H and O–H groups in total. The third-order valence-electron chi connectivity index (χ3n) is 4.11. The number of hydrogen-bond donors (Lipinski definition) is 1. The highest BCUT2D eigenvalue weighted by molar-refractivity contribution is 7.09. The van der Waals surface area contributed by atoms with E-state index < -0.39 is 0 Å². The number of rotatable bonds is 7. The van der Waals surface area contributed by atoms with Crippen LogP contribution in [0.15, 0.2) is 29.6 Å². The molecule has 0 bridgehead atoms. The molecule has 7 heteroatoms. The summed E-state index contributed by atoms with van der Waals surface area (Å²) in [5.74, 6) is 0.723. The molecule has 1 saturated heterocycles. The minimum atomic E-state index is -0.113. The zero-order valence-electron chi connectivity index (χ0n) is 14.4. The van der Waals surface area contributed by atoms with Gasteiger partial charge in [0, 0.05) is 25.0 Å². The Kier molecular flexibility index (Phi) is 6.38. The number of morpholine rings is 1. The number of nitrogens with one attached hydrogen (secondary N) is 1. The smallest absolute Gasteiger partial charge is 0.270 e. The van der Waals surface area contributed by atoms with E-state index in [1.807, 2.05) is 29.6 Å². The lowest BCUT2D eigenvalue weighted by Crippen LogP contribution is -2.35. The molecule has 0 atom stereocenters. The third-order valence-corrected chi connectivity index (χ3v) is 4.94. The van der Waals surface area contributed by atoms with Crippen molar-refractivity contribution in [1.82, 2.24) is 15.2 Å². The number of carbonyl (C=O) groups excluding carboxylic acids is 1. The lowest BCUT2D eigenvalue weighted by molar-refractivity contribution is 0.0341. The molecule has 1 aliphatic heterocycles. The van der Waals surface area contributed by atoms with Gasteiger partial charge >= 0.3 is 0 Å². The van der Waals surface area contributed by atoms with Crippen LogP contribution in [0.4, 0.5) is 0 Å². The fourth-order valence-corrected chi connectivity index (χ4v) is 3.46. The summed E-state index contributed by atoms with van der Waals surface area (Å²) in [6.07, 6.45) is 0.778. The molecule has 134 valence electrons. The molecule has 0 aliphatic carbocycles. The maximum atomic E-state index is 12.2. The summed E-state index contributed by atoms with van der Waals surface area (Å²) in [6, 6.07) is 7.87. The quantitative estimate of drug-likeness (QED) is 0.817. The molecule has 2 heterocycles. The van der Waals surface area contributed by atoms with Gasteiger partial charge in [0.25, 0.3) is 5.91 Å². The van der Waals surface area contributed by atoms with Gasteiger partial charge in [-0.15, -0.1) is 11.3 Å². The van der Waals surface area contributed by atoms with E-state index in [4.69, 9.17) is 9.47 Å². The number of hydrogen-bond acceptors (Lipinski definition) is 6. The maximum Gasteiger partial charge on any atom is 0.270 e. The van der Waals surface area contributed by atoms with Crippen molar-refractivity contribution in [2.24, 2.45) is 0 Å². The highest BCUT2D eigenvalue weighted by Crippen LogP contribution is 2.14. The molecule has 1 aromatic heterocycles. The summed E-state index contributed by atoms with van der Waals surface area (Å²) in [5, 5.41) is 5.74. The first kappa shape index (κ1) is 17.8. The van der Waals surface area contributed by atoms with Gasteiger partial charge in [0.05, 0.1) is 26.9 Å². The molecule has 3 rings (SSSR count). The van der Waals surface area contributed by atoms with Gasteiger partial charge in [0.1, 0.15) is 16.5 Å². The van der Waals surface area contributed by atoms with Crippen LogP contribution in [0.2, 0.25) is 0 Å². The first-order valence-corrected chi connectivity index (χ1v) is 9.28. The fraction of sp³-hybridized carbons (Fsp3) is 0.444. The second-order valence-electron chi connectivity index (χ2n) is 5.87. The summed E-state index contributed by atoms with van der Waals surface area (Å²) in [6.45, 7) is 4.74. The minimum Gasteiger partial charge on any atom is -0.497 e. The molecule has 0 radical (unpaired) electrons. The monoisotopic (exact) mass is 361 g/mol. The first-order chi connectivity index (χ1) is 12.2. The Hall–Kier alpha value is -1.96. The number of nitrogens with zero attached hydrogens (tertiary/aromatic N) is 2. The molecule has 0 unspecified atom stereocenters. The summed E-state index contributed by atoms with van der Waals surface area (Å²) in [5.41, 5.74) is 1.66. The Morgan fingerprint density at radius 3 is 2.80 bits per heavy atom. The van der Waals surface area contributed by atoms with Crippen LogP contribution in [0, 0.1) is 0 Å². The molecular formula is C18H23N3O3S. The molecule has 1 amide bonds. The van der Waals surface area contributed by atoms with Crippen LogP contribution in [-0.2, 0) is 17.7 Å². The molecular weight excluding hydrogens is 338 g/mol. The van der Waals surface area contributed by atoms with E-state index in [9.17, 15) is 4.79 Å². The van der Waals surface area contributed by atoms with Crippen LogP contribution in [0.1, 0.15) is 21.1 Å². The van der Waals surface area contributed by atoms with Gasteiger partial charge in [-0.05, 0) is 24.1 Å². The van der Waals surface area contributed by atoms with Crippen molar-refractivity contribution in [1.29, 1.82) is 0 Å². The molecule has 1 fully saturated rings. The third kappa shape index (κ3) is 5.26. The molecule has 25 heavy (non-hydrogen) atoms. The van der Waals surface area contributed by atoms with Gasteiger partial charge < -0.3 is 14.8 Å². The van der Waals surface area contributed by atoms with Gasteiger partial charge in [-0.2, -0.15) is 0 Å². The molecule has 2 aromatic rings. The minimum absolute atomic E-state index is 0.113. The lowest BCUT2D eigenvalue weighted by atomic mass is 10.1. The van der Waals surface area contributed by atoms with E-state index in [0.29, 0.717) is 12.2 Å². The summed E-state index contributed by atoms with van der Waals surface area (Å²) < 4.78 is 10.5. The van der Waals surface area contributed by atoms with Gasteiger partial charge in [-0.25, -0.2) is 4.98 Å². The molecule has 1 aromatic carbocycles. The van der Waals surface area contributed by atoms with Crippen LogP contribution >= 0.6 is 11.3 Å². The van der Waals surface area contributed by atoms with E-state index in [2.05, 4.69) is 15.2 Å². The van der Waals surface area contributed by atoms with Crippen molar-refractivity contribution in [3.63, 3.8) is 0 Å². The predicted octanol–water partition coefficient (Wildman–Crippen LogP) is 1.96. The number of ether oxygens (including phenoxy) is 2. The van der Waals surface area contributed by atoms with Crippen molar-refractivity contribution in [3.8, 4) is 5.75 Å². The zero-order chi connectivity index (χ0) is 17.5. The maximum absolute atomic E-state index is 12.2. The van der Waals surface area contributed by atoms with Crippen LogP contribution in [0.5, 0.6) is 5.75 Å². The van der Waals surface area contributed by atoms with Gasteiger partial charge in [-0.1, -0.05) is 12.1 Å². The van der Waals surface area contributed by atoms with E-state index in [1.165, 1.54) is 11.3 Å². The Morgan fingerprint density at radius 2 is 2.08 bits per heavy atom. The Balaban J connectivity index is 1.44. The number of thiazole rings is 1. The van der Waals surface area contributed by atoms with E-state index in [0.717, 1.165) is 55.6 Å². The average Bonchev–Trinajstić information content (AvgIpc) is 3.12. The van der Waals surface area contributed by atoms with Crippen molar-refractivity contribution in [2.45, 2.75) is 13.0 Å². The first-order valence-electron chi connectivity index (χ1n) is 8.40. The highest BCUT2D eigenvalue weighted by atomic mass is 32.1. The summed E-state index contributed by atoms with van der Waals surface area (Å²) in [7, 11) is 1.65. The normalized spacial score (nSPS) is 15.1. The SMILES string of the molecule is COc1ccc(CCNC(=O)c2csc(CN3CCOCC3)n2)cc1. The van der Waals surface area contributed by atoms with Crippen molar-refractivity contribution < 1.29 is 14.3 Å².